The van der Waals surface area contributed by atoms with E-state index in [4.69, 9.17) is 0 Å². The number of nitro benzene ring substituents is 1. The molecule has 1 fully saturated rings. The van der Waals surface area contributed by atoms with Gasteiger partial charge in [0.15, 0.2) is 0 Å². The Kier molecular flexibility index (Phi) is 5.53. The van der Waals surface area contributed by atoms with Crippen LogP contribution in [0.15, 0.2) is 42.5 Å². The Bertz CT molecular complexity index is 993. The molecule has 10 heteroatoms. The second kappa shape index (κ2) is 8.05. The standard InChI is InChI=1S/C19H17FN4O5/c1-11(25)21-13-2-5-15(6-3-13)23-10-12(8-18(23)26)19(27)22-14-4-7-16(20)17(9-14)24(28)29/h2-7,9,12H,8,10H2,1H3,(H,21,25)(H,22,27). The van der Waals surface area contributed by atoms with Crippen LogP contribution in [-0.2, 0) is 14.4 Å². The van der Waals surface area contributed by atoms with Gasteiger partial charge in [0.2, 0.25) is 23.5 Å². The Balaban J connectivity index is 1.68. The number of nitrogens with zero attached hydrogens (tertiary/aromatic N) is 2. The lowest BCUT2D eigenvalue weighted by Gasteiger charge is -2.17. The van der Waals surface area contributed by atoms with Gasteiger partial charge in [-0.3, -0.25) is 24.5 Å². The molecule has 3 rings (SSSR count). The van der Waals surface area contributed by atoms with Crippen LogP contribution in [0, 0.1) is 21.8 Å². The van der Waals surface area contributed by atoms with Crippen molar-refractivity contribution in [3.63, 3.8) is 0 Å². The summed E-state index contributed by atoms with van der Waals surface area (Å²) in [6.07, 6.45) is -0.0252. The molecule has 0 bridgehead atoms. The van der Waals surface area contributed by atoms with Gasteiger partial charge in [-0.25, -0.2) is 0 Å². The van der Waals surface area contributed by atoms with Crippen molar-refractivity contribution < 1.29 is 23.7 Å². The van der Waals surface area contributed by atoms with Crippen molar-refractivity contribution in [3.05, 3.63) is 58.4 Å². The lowest BCUT2D eigenvalue weighted by atomic mass is 10.1. The molecule has 2 aromatic carbocycles. The molecule has 0 aromatic heterocycles. The predicted molar refractivity (Wildman–Crippen MR) is 103 cm³/mol. The molecular formula is C19H17FN4O5. The van der Waals surface area contributed by atoms with Crippen LogP contribution in [0.4, 0.5) is 27.1 Å². The molecule has 150 valence electrons. The minimum atomic E-state index is -1.00. The SMILES string of the molecule is CC(=O)Nc1ccc(N2CC(C(=O)Nc3ccc(F)c([N+](=O)[O-])c3)CC2=O)cc1. The van der Waals surface area contributed by atoms with E-state index in [1.165, 1.54) is 17.9 Å². The van der Waals surface area contributed by atoms with Crippen LogP contribution in [0.1, 0.15) is 13.3 Å². The number of carbonyl (C=O) groups is 3. The minimum absolute atomic E-state index is 0.0252. The molecule has 1 aliphatic rings. The third-order valence-electron chi connectivity index (χ3n) is 4.41. The van der Waals surface area contributed by atoms with Crippen LogP contribution in [0.2, 0.25) is 0 Å². The van der Waals surface area contributed by atoms with E-state index in [-0.39, 0.29) is 30.5 Å². The molecular weight excluding hydrogens is 383 g/mol. The average molecular weight is 400 g/mol. The molecule has 1 saturated heterocycles. The molecule has 0 spiro atoms. The number of hydrogen-bond donors (Lipinski definition) is 2. The number of nitro groups is 1. The summed E-state index contributed by atoms with van der Waals surface area (Å²) < 4.78 is 13.4. The highest BCUT2D eigenvalue weighted by Gasteiger charge is 2.35. The lowest BCUT2D eigenvalue weighted by molar-refractivity contribution is -0.387. The summed E-state index contributed by atoms with van der Waals surface area (Å²) in [7, 11) is 0. The van der Waals surface area contributed by atoms with Crippen molar-refractivity contribution in [3.8, 4) is 0 Å². The minimum Gasteiger partial charge on any atom is -0.326 e. The van der Waals surface area contributed by atoms with Crippen LogP contribution in [0.5, 0.6) is 0 Å². The molecule has 3 amide bonds. The monoisotopic (exact) mass is 400 g/mol. The van der Waals surface area contributed by atoms with Crippen molar-refractivity contribution in [1.82, 2.24) is 0 Å². The van der Waals surface area contributed by atoms with E-state index in [9.17, 15) is 28.9 Å². The Labute approximate surface area is 164 Å². The van der Waals surface area contributed by atoms with Gasteiger partial charge in [-0.15, -0.1) is 0 Å². The highest BCUT2D eigenvalue weighted by atomic mass is 19.1. The van der Waals surface area contributed by atoms with E-state index >= 15 is 0 Å². The van der Waals surface area contributed by atoms with Gasteiger partial charge in [-0.05, 0) is 36.4 Å². The van der Waals surface area contributed by atoms with Crippen LogP contribution < -0.4 is 15.5 Å². The Morgan fingerprint density at radius 2 is 1.79 bits per heavy atom. The molecule has 9 nitrogen and oxygen atoms in total. The van der Waals surface area contributed by atoms with E-state index in [1.807, 2.05) is 0 Å². The van der Waals surface area contributed by atoms with Crippen LogP contribution in [0.25, 0.3) is 0 Å². The van der Waals surface area contributed by atoms with Crippen molar-refractivity contribution in [2.75, 3.05) is 22.1 Å². The molecule has 0 radical (unpaired) electrons. The Hall–Kier alpha value is -3.82. The summed E-state index contributed by atoms with van der Waals surface area (Å²) in [4.78, 5) is 47.3. The van der Waals surface area contributed by atoms with E-state index in [0.29, 0.717) is 11.4 Å². The summed E-state index contributed by atoms with van der Waals surface area (Å²) in [5.74, 6) is -2.62. The summed E-state index contributed by atoms with van der Waals surface area (Å²) in [5, 5.41) is 15.9. The topological polar surface area (TPSA) is 122 Å². The fourth-order valence-corrected chi connectivity index (χ4v) is 3.04. The fourth-order valence-electron chi connectivity index (χ4n) is 3.04. The molecule has 1 atom stereocenters. The first-order valence-corrected chi connectivity index (χ1v) is 8.67. The molecule has 0 aliphatic carbocycles. The average Bonchev–Trinajstić information content (AvgIpc) is 3.05. The van der Waals surface area contributed by atoms with Crippen molar-refractivity contribution >= 4 is 40.5 Å². The lowest BCUT2D eigenvalue weighted by Crippen LogP contribution is -2.28. The maximum atomic E-state index is 13.4. The zero-order chi connectivity index (χ0) is 21.1. The Morgan fingerprint density at radius 1 is 1.14 bits per heavy atom. The summed E-state index contributed by atoms with van der Waals surface area (Å²) in [5.41, 5.74) is 0.497. The number of rotatable bonds is 5. The number of nitrogens with one attached hydrogen (secondary N) is 2. The summed E-state index contributed by atoms with van der Waals surface area (Å²) in [6, 6.07) is 9.66. The van der Waals surface area contributed by atoms with Gasteiger partial charge in [-0.2, -0.15) is 4.39 Å². The maximum Gasteiger partial charge on any atom is 0.306 e. The summed E-state index contributed by atoms with van der Waals surface area (Å²) in [6.45, 7) is 1.52. The highest BCUT2D eigenvalue weighted by molar-refractivity contribution is 6.03. The first kappa shape index (κ1) is 19.9. The fraction of sp³-hybridized carbons (Fsp3) is 0.211. The second-order valence-electron chi connectivity index (χ2n) is 6.55. The van der Waals surface area contributed by atoms with Gasteiger partial charge in [0.05, 0.1) is 10.8 Å². The van der Waals surface area contributed by atoms with E-state index in [0.717, 1.165) is 12.1 Å². The van der Waals surface area contributed by atoms with Gasteiger partial charge in [0.1, 0.15) is 0 Å². The van der Waals surface area contributed by atoms with Crippen molar-refractivity contribution in [2.24, 2.45) is 5.92 Å². The first-order valence-electron chi connectivity index (χ1n) is 8.67. The van der Waals surface area contributed by atoms with E-state index in [1.54, 1.807) is 24.3 Å². The molecule has 2 N–H and O–H groups in total. The van der Waals surface area contributed by atoms with E-state index in [2.05, 4.69) is 10.6 Å². The molecule has 1 unspecified atom stereocenters. The third kappa shape index (κ3) is 4.54. The number of halogens is 1. The van der Waals surface area contributed by atoms with Gasteiger partial charge in [0.25, 0.3) is 0 Å². The van der Waals surface area contributed by atoms with Crippen molar-refractivity contribution in [2.45, 2.75) is 13.3 Å². The normalized spacial score (nSPS) is 15.9. The van der Waals surface area contributed by atoms with Gasteiger partial charge in [0, 0.05) is 43.0 Å². The molecule has 29 heavy (non-hydrogen) atoms. The van der Waals surface area contributed by atoms with Crippen LogP contribution >= 0.6 is 0 Å². The number of hydrogen-bond acceptors (Lipinski definition) is 5. The smallest absolute Gasteiger partial charge is 0.306 e. The highest BCUT2D eigenvalue weighted by Crippen LogP contribution is 2.28. The third-order valence-corrected chi connectivity index (χ3v) is 4.41. The zero-order valence-electron chi connectivity index (χ0n) is 15.3. The predicted octanol–water partition coefficient (Wildman–Crippen LogP) is 2.68. The molecule has 2 aromatic rings. The van der Waals surface area contributed by atoms with Crippen LogP contribution in [-0.4, -0.2) is 29.2 Å². The van der Waals surface area contributed by atoms with Crippen LogP contribution in [0.3, 0.4) is 0 Å². The number of carbonyl (C=O) groups excluding carboxylic acids is 3. The van der Waals surface area contributed by atoms with E-state index < -0.39 is 28.3 Å². The van der Waals surface area contributed by atoms with Crippen molar-refractivity contribution in [1.29, 1.82) is 0 Å². The van der Waals surface area contributed by atoms with Gasteiger partial charge >= 0.3 is 5.69 Å². The molecule has 1 aliphatic heterocycles. The quantitative estimate of drug-likeness (QED) is 0.590. The molecule has 0 saturated carbocycles. The number of anilines is 3. The van der Waals surface area contributed by atoms with Gasteiger partial charge in [-0.1, -0.05) is 0 Å². The largest absolute Gasteiger partial charge is 0.326 e. The second-order valence-corrected chi connectivity index (χ2v) is 6.55. The Morgan fingerprint density at radius 3 is 2.41 bits per heavy atom. The zero-order valence-corrected chi connectivity index (χ0v) is 15.3. The first-order chi connectivity index (χ1) is 13.7. The number of benzene rings is 2. The van der Waals surface area contributed by atoms with Gasteiger partial charge < -0.3 is 15.5 Å². The maximum absolute atomic E-state index is 13.4. The number of amides is 3. The molecule has 1 heterocycles. The summed E-state index contributed by atoms with van der Waals surface area (Å²) >= 11 is 0.